The van der Waals surface area contributed by atoms with E-state index in [1.165, 1.54) is 18.5 Å². The highest BCUT2D eigenvalue weighted by atomic mass is 35.5. The molecular formula is C23H19Cl2FN4O. The van der Waals surface area contributed by atoms with Crippen molar-refractivity contribution in [1.82, 2.24) is 14.9 Å². The number of fused-ring (bicyclic) bond motifs is 1. The molecule has 8 heteroatoms. The summed E-state index contributed by atoms with van der Waals surface area (Å²) in [5.41, 5.74) is 1.97. The standard InChI is InChI=1S/C23H19Cl2FN4O/c1-2-4-20(31)30-10-3-5-15(12-30)14-6-8-18-16(11-14)23(28-13-27-18)29-19-9-7-17(24)21(25)22(19)26/h6-9,11,13,15H,3,5,10,12H2,1H3,(H,27,28,29). The summed E-state index contributed by atoms with van der Waals surface area (Å²) in [5, 5.41) is 3.75. The van der Waals surface area contributed by atoms with Crippen LogP contribution in [0.5, 0.6) is 0 Å². The molecule has 0 bridgehead atoms. The maximum Gasteiger partial charge on any atom is 0.298 e. The van der Waals surface area contributed by atoms with Crippen molar-refractivity contribution in [2.24, 2.45) is 0 Å². The van der Waals surface area contributed by atoms with E-state index < -0.39 is 5.82 Å². The number of rotatable bonds is 3. The van der Waals surface area contributed by atoms with Gasteiger partial charge in [0.1, 0.15) is 12.1 Å². The van der Waals surface area contributed by atoms with Gasteiger partial charge in [-0.1, -0.05) is 35.2 Å². The van der Waals surface area contributed by atoms with Crippen molar-refractivity contribution in [2.75, 3.05) is 18.4 Å². The van der Waals surface area contributed by atoms with Crippen LogP contribution >= 0.6 is 23.2 Å². The number of piperidine rings is 1. The van der Waals surface area contributed by atoms with Crippen LogP contribution in [0.15, 0.2) is 36.7 Å². The number of anilines is 2. The van der Waals surface area contributed by atoms with E-state index in [0.717, 1.165) is 29.3 Å². The molecule has 3 aromatic rings. The summed E-state index contributed by atoms with van der Waals surface area (Å²) in [6.07, 6.45) is 3.29. The highest BCUT2D eigenvalue weighted by molar-refractivity contribution is 6.42. The fourth-order valence-electron chi connectivity index (χ4n) is 3.80. The van der Waals surface area contributed by atoms with Crippen LogP contribution in [0.3, 0.4) is 0 Å². The Morgan fingerprint density at radius 3 is 2.90 bits per heavy atom. The molecule has 1 fully saturated rings. The normalized spacial score (nSPS) is 16.0. The lowest BCUT2D eigenvalue weighted by Gasteiger charge is -2.32. The first-order chi connectivity index (χ1) is 15.0. The summed E-state index contributed by atoms with van der Waals surface area (Å²) in [7, 11) is 0. The second kappa shape index (κ2) is 9.09. The molecule has 1 N–H and O–H groups in total. The predicted molar refractivity (Wildman–Crippen MR) is 121 cm³/mol. The highest BCUT2D eigenvalue weighted by Gasteiger charge is 2.24. The van der Waals surface area contributed by atoms with Crippen LogP contribution < -0.4 is 5.32 Å². The number of aromatic nitrogens is 2. The zero-order valence-electron chi connectivity index (χ0n) is 16.8. The molecule has 1 unspecified atom stereocenters. The molecule has 1 saturated heterocycles. The minimum atomic E-state index is -0.643. The maximum atomic E-state index is 14.5. The molecule has 2 aromatic carbocycles. The second-order valence-corrected chi connectivity index (χ2v) is 8.10. The van der Waals surface area contributed by atoms with Gasteiger partial charge in [-0.2, -0.15) is 0 Å². The quantitative estimate of drug-likeness (QED) is 0.414. The van der Waals surface area contributed by atoms with E-state index >= 15 is 0 Å². The maximum absolute atomic E-state index is 14.5. The molecule has 0 radical (unpaired) electrons. The van der Waals surface area contributed by atoms with E-state index in [-0.39, 0.29) is 27.6 Å². The molecule has 4 rings (SSSR count). The van der Waals surface area contributed by atoms with Gasteiger partial charge in [0.2, 0.25) is 0 Å². The lowest BCUT2D eigenvalue weighted by molar-refractivity contribution is -0.126. The van der Waals surface area contributed by atoms with Crippen molar-refractivity contribution in [3.05, 3.63) is 58.1 Å². The Hall–Kier alpha value is -2.88. The molecule has 2 heterocycles. The molecule has 1 aromatic heterocycles. The van der Waals surface area contributed by atoms with Gasteiger partial charge >= 0.3 is 0 Å². The first-order valence-electron chi connectivity index (χ1n) is 9.84. The van der Waals surface area contributed by atoms with Crippen molar-refractivity contribution in [3.63, 3.8) is 0 Å². The van der Waals surface area contributed by atoms with Gasteiger partial charge in [-0.05, 0) is 55.5 Å². The van der Waals surface area contributed by atoms with Gasteiger partial charge in [0, 0.05) is 24.4 Å². The number of nitrogens with zero attached hydrogens (tertiary/aromatic N) is 3. The molecule has 1 atom stereocenters. The number of carbonyl (C=O) groups is 1. The van der Waals surface area contributed by atoms with Crippen LogP contribution in [0.4, 0.5) is 15.9 Å². The molecule has 0 saturated carbocycles. The third-order valence-electron chi connectivity index (χ3n) is 5.36. The average Bonchev–Trinajstić information content (AvgIpc) is 2.79. The van der Waals surface area contributed by atoms with E-state index in [0.29, 0.717) is 18.9 Å². The zero-order chi connectivity index (χ0) is 22.0. The average molecular weight is 457 g/mol. The summed E-state index contributed by atoms with van der Waals surface area (Å²) < 4.78 is 14.5. The smallest absolute Gasteiger partial charge is 0.298 e. The molecular weight excluding hydrogens is 438 g/mol. The summed E-state index contributed by atoms with van der Waals surface area (Å²) >= 11 is 11.8. The number of amides is 1. The van der Waals surface area contributed by atoms with Crippen LogP contribution in [-0.4, -0.2) is 33.9 Å². The van der Waals surface area contributed by atoms with E-state index in [4.69, 9.17) is 23.2 Å². The van der Waals surface area contributed by atoms with Gasteiger partial charge in [-0.3, -0.25) is 4.79 Å². The second-order valence-electron chi connectivity index (χ2n) is 7.31. The SMILES string of the molecule is CC#CC(=O)N1CCCC(c2ccc3ncnc(Nc4ccc(Cl)c(Cl)c4F)c3c2)C1. The third kappa shape index (κ3) is 4.43. The number of hydrogen-bond acceptors (Lipinski definition) is 4. The van der Waals surface area contributed by atoms with Gasteiger partial charge in [0.15, 0.2) is 5.82 Å². The molecule has 1 aliphatic heterocycles. The first-order valence-corrected chi connectivity index (χ1v) is 10.6. The Kier molecular flexibility index (Phi) is 6.26. The van der Waals surface area contributed by atoms with Crippen LogP contribution in [0.1, 0.15) is 31.2 Å². The van der Waals surface area contributed by atoms with Crippen molar-refractivity contribution >= 4 is 51.5 Å². The van der Waals surface area contributed by atoms with E-state index in [2.05, 4.69) is 27.1 Å². The minimum Gasteiger partial charge on any atom is -0.337 e. The van der Waals surface area contributed by atoms with Crippen molar-refractivity contribution in [3.8, 4) is 11.8 Å². The topological polar surface area (TPSA) is 58.1 Å². The third-order valence-corrected chi connectivity index (χ3v) is 6.14. The number of hydrogen-bond donors (Lipinski definition) is 1. The van der Waals surface area contributed by atoms with Crippen LogP contribution in [0, 0.1) is 17.7 Å². The van der Waals surface area contributed by atoms with Crippen molar-refractivity contribution in [1.29, 1.82) is 0 Å². The zero-order valence-corrected chi connectivity index (χ0v) is 18.3. The number of likely N-dealkylation sites (tertiary alicyclic amines) is 1. The highest BCUT2D eigenvalue weighted by Crippen LogP contribution is 2.34. The fraction of sp³-hybridized carbons (Fsp3) is 0.261. The van der Waals surface area contributed by atoms with E-state index in [1.807, 2.05) is 18.2 Å². The van der Waals surface area contributed by atoms with E-state index in [1.54, 1.807) is 11.8 Å². The molecule has 1 aliphatic rings. The Morgan fingerprint density at radius 2 is 2.10 bits per heavy atom. The lowest BCUT2D eigenvalue weighted by Crippen LogP contribution is -2.38. The molecule has 31 heavy (non-hydrogen) atoms. The molecule has 0 aliphatic carbocycles. The first kappa shape index (κ1) is 21.4. The van der Waals surface area contributed by atoms with Gasteiger partial charge in [0.25, 0.3) is 5.91 Å². The minimum absolute atomic E-state index is 0.142. The lowest BCUT2D eigenvalue weighted by atomic mass is 9.90. The Balaban J connectivity index is 1.67. The van der Waals surface area contributed by atoms with Crippen molar-refractivity contribution < 1.29 is 9.18 Å². The van der Waals surface area contributed by atoms with Gasteiger partial charge in [0.05, 0.1) is 21.2 Å². The van der Waals surface area contributed by atoms with Gasteiger partial charge in [-0.25, -0.2) is 14.4 Å². The van der Waals surface area contributed by atoms with Crippen LogP contribution in [0.2, 0.25) is 10.0 Å². The fourth-order valence-corrected chi connectivity index (χ4v) is 4.11. The number of halogens is 3. The Bertz CT molecular complexity index is 1220. The monoisotopic (exact) mass is 456 g/mol. The predicted octanol–water partition coefficient (Wildman–Crippen LogP) is 5.55. The number of carbonyl (C=O) groups excluding carboxylic acids is 1. The van der Waals surface area contributed by atoms with Gasteiger partial charge in [-0.15, -0.1) is 0 Å². The summed E-state index contributed by atoms with van der Waals surface area (Å²) in [6, 6.07) is 8.97. The number of nitrogens with one attached hydrogen (secondary N) is 1. The molecule has 0 spiro atoms. The number of benzene rings is 2. The van der Waals surface area contributed by atoms with Crippen LogP contribution in [-0.2, 0) is 4.79 Å². The van der Waals surface area contributed by atoms with Crippen molar-refractivity contribution in [2.45, 2.75) is 25.7 Å². The molecule has 158 valence electrons. The molecule has 1 amide bonds. The molecule has 5 nitrogen and oxygen atoms in total. The van der Waals surface area contributed by atoms with Gasteiger partial charge < -0.3 is 10.2 Å². The Morgan fingerprint density at radius 1 is 1.26 bits per heavy atom. The summed E-state index contributed by atoms with van der Waals surface area (Å²) in [6.45, 7) is 2.98. The largest absolute Gasteiger partial charge is 0.337 e. The Labute approximate surface area is 189 Å². The summed E-state index contributed by atoms with van der Waals surface area (Å²) in [4.78, 5) is 22.6. The van der Waals surface area contributed by atoms with E-state index in [9.17, 15) is 9.18 Å². The van der Waals surface area contributed by atoms with Crippen LogP contribution in [0.25, 0.3) is 10.9 Å². The summed E-state index contributed by atoms with van der Waals surface area (Å²) in [5.74, 6) is 5.14.